The summed E-state index contributed by atoms with van der Waals surface area (Å²) in [7, 11) is -1.82. The molecule has 1 unspecified atom stereocenters. The van der Waals surface area contributed by atoms with E-state index < -0.39 is 10.0 Å². The van der Waals surface area contributed by atoms with Gasteiger partial charge in [-0.05, 0) is 25.6 Å². The molecule has 20 heavy (non-hydrogen) atoms. The predicted octanol–water partition coefficient (Wildman–Crippen LogP) is 0.564. The zero-order valence-electron chi connectivity index (χ0n) is 11.3. The normalized spacial score (nSPS) is 13.3. The number of hydrogen-bond acceptors (Lipinski definition) is 5. The Bertz CT molecular complexity index is 637. The lowest BCUT2D eigenvalue weighted by Crippen LogP contribution is -2.27. The van der Waals surface area contributed by atoms with Crippen LogP contribution in [-0.4, -0.2) is 30.6 Å². The van der Waals surface area contributed by atoms with E-state index in [0.717, 1.165) is 11.1 Å². The second-order valence-electron chi connectivity index (χ2n) is 4.41. The van der Waals surface area contributed by atoms with E-state index >= 15 is 0 Å². The van der Waals surface area contributed by atoms with Gasteiger partial charge in [-0.3, -0.25) is 5.10 Å². The molecule has 2 aromatic rings. The minimum Gasteiger partial charge on any atom is -0.316 e. The summed E-state index contributed by atoms with van der Waals surface area (Å²) in [5, 5.41) is 9.43. The summed E-state index contributed by atoms with van der Waals surface area (Å²) in [6.07, 6.45) is 4.78. The number of aromatic amines is 1. The van der Waals surface area contributed by atoms with Crippen LogP contribution in [0.5, 0.6) is 0 Å². The first kappa shape index (κ1) is 14.6. The standard InChI is InChI=1S/C12H17N5O2S/c1-9(11-7-15-16-8-11)17-20(18,19)12-4-3-10(5-13-2)6-14-12/h3-4,6-9,13,17H,5H2,1-2H3,(H,15,16). The molecule has 7 nitrogen and oxygen atoms in total. The van der Waals surface area contributed by atoms with Gasteiger partial charge in [0.2, 0.25) is 0 Å². The van der Waals surface area contributed by atoms with E-state index in [1.807, 2.05) is 7.05 Å². The molecule has 3 N–H and O–H groups in total. The van der Waals surface area contributed by atoms with Crippen molar-refractivity contribution < 1.29 is 8.42 Å². The van der Waals surface area contributed by atoms with E-state index in [4.69, 9.17) is 0 Å². The molecule has 0 saturated carbocycles. The Labute approximate surface area is 117 Å². The third-order valence-corrected chi connectivity index (χ3v) is 4.26. The molecule has 0 amide bonds. The zero-order valence-corrected chi connectivity index (χ0v) is 12.1. The van der Waals surface area contributed by atoms with Crippen molar-refractivity contribution in [2.24, 2.45) is 0 Å². The van der Waals surface area contributed by atoms with Crippen molar-refractivity contribution in [1.82, 2.24) is 25.2 Å². The van der Waals surface area contributed by atoms with Crippen molar-refractivity contribution in [3.63, 3.8) is 0 Å². The highest BCUT2D eigenvalue weighted by Gasteiger charge is 2.20. The number of hydrogen-bond donors (Lipinski definition) is 3. The molecule has 8 heteroatoms. The Morgan fingerprint density at radius 3 is 2.70 bits per heavy atom. The highest BCUT2D eigenvalue weighted by molar-refractivity contribution is 7.89. The quantitative estimate of drug-likeness (QED) is 0.723. The third kappa shape index (κ3) is 3.41. The van der Waals surface area contributed by atoms with E-state index in [1.54, 1.807) is 31.6 Å². The fourth-order valence-electron chi connectivity index (χ4n) is 1.74. The second-order valence-corrected chi connectivity index (χ2v) is 6.07. The second kappa shape index (κ2) is 6.12. The molecule has 2 aromatic heterocycles. The molecule has 0 aromatic carbocycles. The topological polar surface area (TPSA) is 99.8 Å². The van der Waals surface area contributed by atoms with Crippen LogP contribution in [0.4, 0.5) is 0 Å². The maximum atomic E-state index is 12.2. The number of H-pyrrole nitrogens is 1. The summed E-state index contributed by atoms with van der Waals surface area (Å²) < 4.78 is 26.9. The molecule has 0 aliphatic carbocycles. The maximum Gasteiger partial charge on any atom is 0.258 e. The number of aromatic nitrogens is 3. The summed E-state index contributed by atoms with van der Waals surface area (Å²) in [6, 6.07) is 2.86. The van der Waals surface area contributed by atoms with Gasteiger partial charge in [-0.1, -0.05) is 6.07 Å². The van der Waals surface area contributed by atoms with Crippen molar-refractivity contribution >= 4 is 10.0 Å². The van der Waals surface area contributed by atoms with Crippen LogP contribution in [-0.2, 0) is 16.6 Å². The molecular weight excluding hydrogens is 278 g/mol. The summed E-state index contributed by atoms with van der Waals surface area (Å²) in [4.78, 5) is 3.99. The molecule has 0 fully saturated rings. The summed E-state index contributed by atoms with van der Waals surface area (Å²) in [6.45, 7) is 2.39. The van der Waals surface area contributed by atoms with Gasteiger partial charge in [0.15, 0.2) is 5.03 Å². The summed E-state index contributed by atoms with van der Waals surface area (Å²) >= 11 is 0. The van der Waals surface area contributed by atoms with Crippen LogP contribution in [0.3, 0.4) is 0 Å². The van der Waals surface area contributed by atoms with Crippen LogP contribution < -0.4 is 10.0 Å². The van der Waals surface area contributed by atoms with Crippen molar-refractivity contribution in [1.29, 1.82) is 0 Å². The van der Waals surface area contributed by atoms with Crippen molar-refractivity contribution in [2.75, 3.05) is 7.05 Å². The molecule has 1 atom stereocenters. The van der Waals surface area contributed by atoms with Gasteiger partial charge in [0.1, 0.15) is 0 Å². The maximum absolute atomic E-state index is 12.2. The monoisotopic (exact) mass is 295 g/mol. The Morgan fingerprint density at radius 1 is 1.35 bits per heavy atom. The number of pyridine rings is 1. The van der Waals surface area contributed by atoms with Gasteiger partial charge >= 0.3 is 0 Å². The molecule has 0 aliphatic rings. The van der Waals surface area contributed by atoms with Crippen molar-refractivity contribution in [3.8, 4) is 0 Å². The minimum atomic E-state index is -3.64. The lowest BCUT2D eigenvalue weighted by molar-refractivity contribution is 0.563. The van der Waals surface area contributed by atoms with Crippen molar-refractivity contribution in [2.45, 2.75) is 24.5 Å². The first-order valence-electron chi connectivity index (χ1n) is 6.13. The predicted molar refractivity (Wildman–Crippen MR) is 74.3 cm³/mol. The Hall–Kier alpha value is -1.77. The third-order valence-electron chi connectivity index (χ3n) is 2.81. The van der Waals surface area contributed by atoms with Crippen molar-refractivity contribution in [3.05, 3.63) is 41.9 Å². The molecule has 0 aliphatic heterocycles. The van der Waals surface area contributed by atoms with Gasteiger partial charge in [-0.25, -0.2) is 18.1 Å². The van der Waals surface area contributed by atoms with Gasteiger partial charge < -0.3 is 5.32 Å². The molecule has 0 radical (unpaired) electrons. The van der Waals surface area contributed by atoms with Crippen LogP contribution in [0.2, 0.25) is 0 Å². The van der Waals surface area contributed by atoms with E-state index in [2.05, 4.69) is 25.2 Å². The van der Waals surface area contributed by atoms with E-state index in [0.29, 0.717) is 6.54 Å². The minimum absolute atomic E-state index is 0.00713. The summed E-state index contributed by atoms with van der Waals surface area (Å²) in [5.74, 6) is 0. The van der Waals surface area contributed by atoms with E-state index in [9.17, 15) is 8.42 Å². The Morgan fingerprint density at radius 2 is 2.15 bits per heavy atom. The Kier molecular flexibility index (Phi) is 4.48. The van der Waals surface area contributed by atoms with Crippen LogP contribution in [0.1, 0.15) is 24.1 Å². The molecule has 0 bridgehead atoms. The van der Waals surface area contributed by atoms with E-state index in [-0.39, 0.29) is 11.1 Å². The number of nitrogens with one attached hydrogen (secondary N) is 3. The van der Waals surface area contributed by atoms with Gasteiger partial charge in [0.25, 0.3) is 10.0 Å². The molecule has 0 saturated heterocycles. The zero-order chi connectivity index (χ0) is 14.6. The molecule has 0 spiro atoms. The highest BCUT2D eigenvalue weighted by Crippen LogP contribution is 2.14. The molecule has 2 rings (SSSR count). The lowest BCUT2D eigenvalue weighted by Gasteiger charge is -2.12. The first-order chi connectivity index (χ1) is 9.53. The first-order valence-corrected chi connectivity index (χ1v) is 7.62. The number of nitrogens with zero attached hydrogens (tertiary/aromatic N) is 2. The number of sulfonamides is 1. The Balaban J connectivity index is 2.13. The van der Waals surface area contributed by atoms with Gasteiger partial charge in [0, 0.05) is 30.5 Å². The van der Waals surface area contributed by atoms with Gasteiger partial charge in [-0.15, -0.1) is 0 Å². The van der Waals surface area contributed by atoms with Crippen LogP contribution in [0.15, 0.2) is 35.7 Å². The lowest BCUT2D eigenvalue weighted by atomic mass is 10.2. The molecule has 108 valence electrons. The SMILES string of the molecule is CNCc1ccc(S(=O)(=O)NC(C)c2cn[nH]c2)nc1. The largest absolute Gasteiger partial charge is 0.316 e. The van der Waals surface area contributed by atoms with E-state index in [1.165, 1.54) is 6.07 Å². The molecular formula is C12H17N5O2S. The smallest absolute Gasteiger partial charge is 0.258 e. The molecule has 2 heterocycles. The van der Waals surface area contributed by atoms with Crippen LogP contribution in [0, 0.1) is 0 Å². The fourth-order valence-corrected chi connectivity index (χ4v) is 2.90. The van der Waals surface area contributed by atoms with Gasteiger partial charge in [0.05, 0.1) is 6.20 Å². The average molecular weight is 295 g/mol. The fraction of sp³-hybridized carbons (Fsp3) is 0.333. The van der Waals surface area contributed by atoms with Crippen LogP contribution in [0.25, 0.3) is 0 Å². The highest BCUT2D eigenvalue weighted by atomic mass is 32.2. The summed E-state index contributed by atoms with van der Waals surface area (Å²) in [5.41, 5.74) is 1.69. The van der Waals surface area contributed by atoms with Gasteiger partial charge in [-0.2, -0.15) is 5.10 Å². The van der Waals surface area contributed by atoms with Crippen LogP contribution >= 0.6 is 0 Å². The number of rotatable bonds is 6. The average Bonchev–Trinajstić information content (AvgIpc) is 2.93.